The first-order chi connectivity index (χ1) is 12.1. The van der Waals surface area contributed by atoms with Crippen LogP contribution in [-0.2, 0) is 14.6 Å². The van der Waals surface area contributed by atoms with E-state index in [4.69, 9.17) is 4.55 Å². The quantitative estimate of drug-likeness (QED) is 0.144. The van der Waals surface area contributed by atoms with Crippen LogP contribution >= 0.6 is 0 Å². The molecule has 0 rings (SSSR count). The van der Waals surface area contributed by atoms with Crippen LogP contribution in [-0.4, -0.2) is 42.6 Å². The van der Waals surface area contributed by atoms with Crippen molar-refractivity contribution in [2.24, 2.45) is 0 Å². The standard InChI is InChI=1S/C20H42O4S.Mg/c1-2-3-4-5-6-7-8-9-10-11-12-13-14-15-16-17-18-19-20-24-25(21,22)23;/h2-20H2,1H3,(H,21,22,23);. The van der Waals surface area contributed by atoms with Crippen LogP contribution in [0.2, 0.25) is 0 Å². The maximum absolute atomic E-state index is 10.3. The predicted molar refractivity (Wildman–Crippen MR) is 112 cm³/mol. The average molecular weight is 403 g/mol. The Bertz CT molecular complexity index is 361. The molecule has 0 heterocycles. The molecule has 0 fully saturated rings. The zero-order valence-corrected chi connectivity index (χ0v) is 19.5. The Morgan fingerprint density at radius 3 is 1.12 bits per heavy atom. The van der Waals surface area contributed by atoms with E-state index in [0.717, 1.165) is 12.8 Å². The summed E-state index contributed by atoms with van der Waals surface area (Å²) in [6, 6.07) is 0. The molecule has 1 N–H and O–H groups in total. The highest BCUT2D eigenvalue weighted by Gasteiger charge is 2.02. The molecule has 4 nitrogen and oxygen atoms in total. The van der Waals surface area contributed by atoms with Crippen LogP contribution in [0.1, 0.15) is 122 Å². The zero-order valence-electron chi connectivity index (χ0n) is 17.2. The molecule has 0 saturated carbocycles. The maximum atomic E-state index is 10.3. The third-order valence-corrected chi connectivity index (χ3v) is 5.19. The van der Waals surface area contributed by atoms with Gasteiger partial charge in [-0.1, -0.05) is 116 Å². The van der Waals surface area contributed by atoms with Crippen molar-refractivity contribution < 1.29 is 17.2 Å². The first-order valence-electron chi connectivity index (χ1n) is 10.7. The Morgan fingerprint density at radius 2 is 0.846 bits per heavy atom. The molecule has 0 amide bonds. The molecule has 0 atom stereocenters. The first-order valence-corrected chi connectivity index (χ1v) is 12.0. The van der Waals surface area contributed by atoms with Gasteiger partial charge in [-0.15, -0.1) is 0 Å². The maximum Gasteiger partial charge on any atom is 0.397 e. The molecule has 0 aromatic rings. The molecule has 0 aliphatic carbocycles. The fraction of sp³-hybridized carbons (Fsp3) is 1.00. The zero-order chi connectivity index (χ0) is 18.6. The minimum absolute atomic E-state index is 0. The van der Waals surface area contributed by atoms with Crippen molar-refractivity contribution in [3.8, 4) is 0 Å². The van der Waals surface area contributed by atoms with Crippen LogP contribution in [0.5, 0.6) is 0 Å². The molecule has 6 heteroatoms. The van der Waals surface area contributed by atoms with E-state index in [0.29, 0.717) is 6.42 Å². The third-order valence-electron chi connectivity index (χ3n) is 4.73. The molecule has 0 aromatic carbocycles. The van der Waals surface area contributed by atoms with Gasteiger partial charge in [0.15, 0.2) is 0 Å². The van der Waals surface area contributed by atoms with Gasteiger partial charge in [0.2, 0.25) is 0 Å². The van der Waals surface area contributed by atoms with Gasteiger partial charge in [0.05, 0.1) is 6.61 Å². The molecule has 154 valence electrons. The molecule has 0 aromatic heterocycles. The van der Waals surface area contributed by atoms with Crippen molar-refractivity contribution >= 4 is 33.5 Å². The van der Waals surface area contributed by atoms with E-state index in [1.807, 2.05) is 0 Å². The molecule has 26 heavy (non-hydrogen) atoms. The Kier molecular flexibility index (Phi) is 24.3. The van der Waals surface area contributed by atoms with Gasteiger partial charge in [0, 0.05) is 23.1 Å². The lowest BCUT2D eigenvalue weighted by molar-refractivity contribution is 0.261. The summed E-state index contributed by atoms with van der Waals surface area (Å²) >= 11 is 0. The van der Waals surface area contributed by atoms with Crippen molar-refractivity contribution in [1.29, 1.82) is 0 Å². The molecule has 0 aliphatic rings. The Labute approximate surface area is 179 Å². The average Bonchev–Trinajstić information content (AvgIpc) is 2.56. The summed E-state index contributed by atoms with van der Waals surface area (Å²) in [6.45, 7) is 2.37. The van der Waals surface area contributed by atoms with E-state index in [9.17, 15) is 8.42 Å². The fourth-order valence-electron chi connectivity index (χ4n) is 3.17. The van der Waals surface area contributed by atoms with Crippen LogP contribution in [0, 0.1) is 0 Å². The molecular weight excluding hydrogens is 361 g/mol. The molecule has 2 radical (unpaired) electrons. The summed E-state index contributed by atoms with van der Waals surface area (Å²) in [4.78, 5) is 0. The smallest absolute Gasteiger partial charge is 0.264 e. The second-order valence-corrected chi connectivity index (χ2v) is 8.35. The second kappa shape index (κ2) is 21.9. The Balaban J connectivity index is 0. The van der Waals surface area contributed by atoms with Crippen molar-refractivity contribution in [3.05, 3.63) is 0 Å². The van der Waals surface area contributed by atoms with Gasteiger partial charge in [-0.25, -0.2) is 4.18 Å². The van der Waals surface area contributed by atoms with Crippen molar-refractivity contribution in [2.45, 2.75) is 122 Å². The van der Waals surface area contributed by atoms with E-state index in [1.165, 1.54) is 96.3 Å². The normalized spacial score (nSPS) is 11.5. The van der Waals surface area contributed by atoms with Crippen molar-refractivity contribution in [1.82, 2.24) is 0 Å². The summed E-state index contributed by atoms with van der Waals surface area (Å²) in [7, 11) is -4.25. The van der Waals surface area contributed by atoms with Gasteiger partial charge in [-0.2, -0.15) is 8.42 Å². The van der Waals surface area contributed by atoms with Crippen LogP contribution < -0.4 is 0 Å². The lowest BCUT2D eigenvalue weighted by Gasteiger charge is -2.04. The minimum Gasteiger partial charge on any atom is -0.264 e. The Hall–Kier alpha value is 0.636. The van der Waals surface area contributed by atoms with Crippen molar-refractivity contribution in [2.75, 3.05) is 6.61 Å². The summed E-state index contributed by atoms with van der Waals surface area (Å²) < 4.78 is 33.4. The van der Waals surface area contributed by atoms with Crippen LogP contribution in [0.4, 0.5) is 0 Å². The highest BCUT2D eigenvalue weighted by Crippen LogP contribution is 2.14. The minimum atomic E-state index is -4.25. The first kappa shape index (κ1) is 28.8. The summed E-state index contributed by atoms with van der Waals surface area (Å²) in [5, 5.41) is 0. The Morgan fingerprint density at radius 1 is 0.577 bits per heavy atom. The van der Waals surface area contributed by atoms with Crippen LogP contribution in [0.15, 0.2) is 0 Å². The number of rotatable bonds is 20. The van der Waals surface area contributed by atoms with Crippen molar-refractivity contribution in [3.63, 3.8) is 0 Å². The summed E-state index contributed by atoms with van der Waals surface area (Å²) in [6.07, 6.45) is 23.4. The van der Waals surface area contributed by atoms with Gasteiger partial charge < -0.3 is 0 Å². The number of hydrogen-bond acceptors (Lipinski definition) is 3. The topological polar surface area (TPSA) is 63.6 Å². The molecule has 0 saturated heterocycles. The molecular formula is C20H42MgO4S. The second-order valence-electron chi connectivity index (χ2n) is 7.26. The number of unbranched alkanes of at least 4 members (excludes halogenated alkanes) is 17. The van der Waals surface area contributed by atoms with Gasteiger partial charge in [-0.3, -0.25) is 4.55 Å². The molecule has 0 bridgehead atoms. The number of hydrogen-bond donors (Lipinski definition) is 1. The lowest BCUT2D eigenvalue weighted by atomic mass is 10.0. The van der Waals surface area contributed by atoms with Gasteiger partial charge in [0.25, 0.3) is 0 Å². The van der Waals surface area contributed by atoms with E-state index in [2.05, 4.69) is 11.1 Å². The summed E-state index contributed by atoms with van der Waals surface area (Å²) in [5.74, 6) is 0. The third kappa shape index (κ3) is 26.9. The lowest BCUT2D eigenvalue weighted by Crippen LogP contribution is -2.04. The highest BCUT2D eigenvalue weighted by atomic mass is 32.3. The largest absolute Gasteiger partial charge is 0.397 e. The van der Waals surface area contributed by atoms with E-state index in [-0.39, 0.29) is 29.7 Å². The van der Waals surface area contributed by atoms with Gasteiger partial charge in [-0.05, 0) is 6.42 Å². The predicted octanol–water partition coefficient (Wildman–Crippen LogP) is 6.47. The van der Waals surface area contributed by atoms with Gasteiger partial charge in [0.1, 0.15) is 0 Å². The highest BCUT2D eigenvalue weighted by molar-refractivity contribution is 7.80. The van der Waals surface area contributed by atoms with E-state index in [1.54, 1.807) is 0 Å². The monoisotopic (exact) mass is 402 g/mol. The van der Waals surface area contributed by atoms with Gasteiger partial charge >= 0.3 is 10.4 Å². The van der Waals surface area contributed by atoms with E-state index < -0.39 is 10.4 Å². The fourth-order valence-corrected chi connectivity index (χ4v) is 3.50. The van der Waals surface area contributed by atoms with E-state index >= 15 is 0 Å². The van der Waals surface area contributed by atoms with Crippen LogP contribution in [0.25, 0.3) is 0 Å². The summed E-state index contributed by atoms with van der Waals surface area (Å²) in [5.41, 5.74) is 0. The SMILES string of the molecule is CCCCCCCCCCCCCCCCCCCCOS(=O)(=O)O.[Mg]. The molecule has 0 unspecified atom stereocenters. The van der Waals surface area contributed by atoms with Crippen LogP contribution in [0.3, 0.4) is 0 Å². The molecule has 0 spiro atoms. The molecule has 0 aliphatic heterocycles.